The van der Waals surface area contributed by atoms with E-state index in [4.69, 9.17) is 18.9 Å². The lowest BCUT2D eigenvalue weighted by molar-refractivity contribution is -0.177. The van der Waals surface area contributed by atoms with E-state index in [1.165, 1.54) is 38.4 Å². The van der Waals surface area contributed by atoms with E-state index in [1.54, 1.807) is 0 Å². The first kappa shape index (κ1) is 39.6. The Labute approximate surface area is 292 Å². The highest BCUT2D eigenvalue weighted by atomic mass is 19.4. The van der Waals surface area contributed by atoms with Crippen molar-refractivity contribution in [2.75, 3.05) is 14.1 Å². The van der Waals surface area contributed by atoms with Crippen molar-refractivity contribution in [1.82, 2.24) is 10.6 Å². The fourth-order valence-electron chi connectivity index (χ4n) is 4.83. The summed E-state index contributed by atoms with van der Waals surface area (Å²) in [6.45, 7) is 0. The van der Waals surface area contributed by atoms with Gasteiger partial charge in [-0.3, -0.25) is 10.6 Å². The molecule has 0 amide bonds. The zero-order valence-electron chi connectivity index (χ0n) is 27.4. The van der Waals surface area contributed by atoms with Crippen molar-refractivity contribution in [3.05, 3.63) is 131 Å². The molecule has 0 aliphatic heterocycles. The van der Waals surface area contributed by atoms with Gasteiger partial charge in [0.1, 0.15) is 35.3 Å². The summed E-state index contributed by atoms with van der Waals surface area (Å²) in [6, 6.07) is 17.6. The smallest absolute Gasteiger partial charge is 0.419 e. The second kappa shape index (κ2) is 17.3. The summed E-state index contributed by atoms with van der Waals surface area (Å²) in [5.41, 5.74) is -1.08. The number of carbonyl (C=O) groups is 2. The number of esters is 2. The highest BCUT2D eigenvalue weighted by molar-refractivity contribution is 6.29. The van der Waals surface area contributed by atoms with Crippen molar-refractivity contribution in [2.45, 2.75) is 49.9 Å². The van der Waals surface area contributed by atoms with E-state index in [-0.39, 0.29) is 24.3 Å². The van der Waals surface area contributed by atoms with Gasteiger partial charge in [-0.25, -0.2) is 18.4 Å². The van der Waals surface area contributed by atoms with Crippen molar-refractivity contribution in [3.8, 4) is 11.5 Å². The number of nitrogens with one attached hydrogen (secondary N) is 2. The van der Waals surface area contributed by atoms with Gasteiger partial charge < -0.3 is 18.9 Å². The molecular weight excluding hydrogens is 708 g/mol. The van der Waals surface area contributed by atoms with Crippen LogP contribution in [0.15, 0.2) is 97.1 Å². The molecule has 52 heavy (non-hydrogen) atoms. The molecule has 4 aromatic carbocycles. The quantitative estimate of drug-likeness (QED) is 0.0584. The maximum absolute atomic E-state index is 13.7. The number of hydrogen-bond donors (Lipinski definition) is 2. The zero-order valence-corrected chi connectivity index (χ0v) is 27.4. The van der Waals surface area contributed by atoms with Crippen LogP contribution in [0.1, 0.15) is 47.3 Å². The van der Waals surface area contributed by atoms with Crippen molar-refractivity contribution < 1.29 is 63.7 Å². The molecule has 0 aliphatic rings. The lowest BCUT2D eigenvalue weighted by Gasteiger charge is -2.26. The SMILES string of the molecule is CNC(CC(Oc1ccc(C(F)(F)F)cc1)c1ccc(F)cc1)OC(=O)C(=O)OC(CC(Oc1ccc(C(F)(F)F)cc1)c1ccc(F)cc1)NC. The second-order valence-electron chi connectivity index (χ2n) is 11.2. The summed E-state index contributed by atoms with van der Waals surface area (Å²) < 4.78 is 128. The number of carbonyl (C=O) groups excluding carboxylic acids is 2. The molecule has 0 radical (unpaired) electrons. The molecule has 0 aromatic heterocycles. The molecular formula is C36H32F8N2O6. The van der Waals surface area contributed by atoms with Crippen molar-refractivity contribution in [3.63, 3.8) is 0 Å². The Kier molecular flexibility index (Phi) is 13.2. The summed E-state index contributed by atoms with van der Waals surface area (Å²) in [5.74, 6) is -3.99. The van der Waals surface area contributed by atoms with Crippen LogP contribution >= 0.6 is 0 Å². The number of rotatable bonds is 14. The van der Waals surface area contributed by atoms with Gasteiger partial charge in [-0.15, -0.1) is 0 Å². The molecule has 0 saturated heterocycles. The molecule has 0 bridgehead atoms. The maximum Gasteiger partial charge on any atom is 0.419 e. The van der Waals surface area contributed by atoms with E-state index in [2.05, 4.69) is 10.6 Å². The van der Waals surface area contributed by atoms with Crippen LogP contribution in [0, 0.1) is 11.6 Å². The van der Waals surface area contributed by atoms with Crippen molar-refractivity contribution in [1.29, 1.82) is 0 Å². The summed E-state index contributed by atoms with van der Waals surface area (Å²) in [6.07, 6.45) is -14.1. The van der Waals surface area contributed by atoms with Gasteiger partial charge in [0.2, 0.25) is 0 Å². The van der Waals surface area contributed by atoms with Gasteiger partial charge in [-0.2, -0.15) is 26.3 Å². The molecule has 0 heterocycles. The third kappa shape index (κ3) is 11.4. The Balaban J connectivity index is 1.45. The number of halogens is 8. The first-order valence-electron chi connectivity index (χ1n) is 15.5. The molecule has 0 aliphatic carbocycles. The number of alkyl halides is 6. The number of hydrogen-bond acceptors (Lipinski definition) is 8. The fourth-order valence-corrected chi connectivity index (χ4v) is 4.83. The summed E-state index contributed by atoms with van der Waals surface area (Å²) in [4.78, 5) is 25.8. The molecule has 278 valence electrons. The largest absolute Gasteiger partial charge is 0.486 e. The standard InChI is InChI=1S/C36H32F8N2O6/c1-45-31(19-29(21-3-11-25(37)12-4-21)49-27-15-7-23(8-16-27)35(39,40)41)51-33(47)34(48)52-32(46-2)20-30(22-5-13-26(38)14-6-22)50-28-17-9-24(10-18-28)36(42,43)44/h3-18,29-32,45-46H,19-20H2,1-2H3. The van der Waals surface area contributed by atoms with Crippen molar-refractivity contribution in [2.24, 2.45) is 0 Å². The van der Waals surface area contributed by atoms with Gasteiger partial charge in [0.15, 0.2) is 12.5 Å². The Hall–Kier alpha value is -5.22. The van der Waals surface area contributed by atoms with Gasteiger partial charge in [0.25, 0.3) is 0 Å². The normalized spacial score (nSPS) is 14.1. The molecule has 4 unspecified atom stereocenters. The maximum atomic E-state index is 13.7. The van der Waals surface area contributed by atoms with Crippen LogP contribution in [0.3, 0.4) is 0 Å². The Morgan fingerprint density at radius 1 is 0.538 bits per heavy atom. The Morgan fingerprint density at radius 2 is 0.846 bits per heavy atom. The lowest BCUT2D eigenvalue weighted by Crippen LogP contribution is -2.40. The molecule has 2 N–H and O–H groups in total. The van der Waals surface area contributed by atoms with Gasteiger partial charge in [-0.05, 0) is 98.0 Å². The van der Waals surface area contributed by atoms with Crippen molar-refractivity contribution >= 4 is 11.9 Å². The monoisotopic (exact) mass is 740 g/mol. The van der Waals surface area contributed by atoms with Crippen LogP contribution in [0.5, 0.6) is 11.5 Å². The van der Waals surface area contributed by atoms with Crippen LogP contribution in [-0.4, -0.2) is 38.5 Å². The van der Waals surface area contributed by atoms with E-state index >= 15 is 0 Å². The zero-order chi connectivity index (χ0) is 38.1. The van der Waals surface area contributed by atoms with E-state index in [0.717, 1.165) is 72.8 Å². The topological polar surface area (TPSA) is 95.1 Å². The average Bonchev–Trinajstić information content (AvgIpc) is 3.10. The summed E-state index contributed by atoms with van der Waals surface area (Å²) in [5, 5.41) is 5.38. The van der Waals surface area contributed by atoms with Crippen LogP contribution in [-0.2, 0) is 31.4 Å². The van der Waals surface area contributed by atoms with Gasteiger partial charge in [0.05, 0.1) is 11.1 Å². The van der Waals surface area contributed by atoms with Crippen LogP contribution in [0.25, 0.3) is 0 Å². The van der Waals surface area contributed by atoms with Crippen LogP contribution < -0.4 is 20.1 Å². The van der Waals surface area contributed by atoms with Gasteiger partial charge in [-0.1, -0.05) is 24.3 Å². The van der Waals surface area contributed by atoms with Gasteiger partial charge in [0, 0.05) is 12.8 Å². The number of benzene rings is 4. The average molecular weight is 741 g/mol. The predicted molar refractivity (Wildman–Crippen MR) is 170 cm³/mol. The first-order valence-corrected chi connectivity index (χ1v) is 15.5. The van der Waals surface area contributed by atoms with E-state index in [0.29, 0.717) is 11.1 Å². The molecule has 4 atom stereocenters. The third-order valence-corrected chi connectivity index (χ3v) is 7.57. The lowest BCUT2D eigenvalue weighted by atomic mass is 10.1. The molecule has 0 fully saturated rings. The van der Waals surface area contributed by atoms with E-state index < -0.39 is 71.7 Å². The molecule has 0 spiro atoms. The number of ether oxygens (including phenoxy) is 4. The van der Waals surface area contributed by atoms with Crippen LogP contribution in [0.4, 0.5) is 35.1 Å². The van der Waals surface area contributed by atoms with Gasteiger partial charge >= 0.3 is 24.3 Å². The van der Waals surface area contributed by atoms with E-state index in [1.807, 2.05) is 0 Å². The minimum absolute atomic E-state index is 0.0222. The summed E-state index contributed by atoms with van der Waals surface area (Å²) >= 11 is 0. The minimum atomic E-state index is -4.58. The molecule has 4 aromatic rings. The highest BCUT2D eigenvalue weighted by Crippen LogP contribution is 2.34. The van der Waals surface area contributed by atoms with Crippen LogP contribution in [0.2, 0.25) is 0 Å². The molecule has 4 rings (SSSR count). The molecule has 8 nitrogen and oxygen atoms in total. The molecule has 0 saturated carbocycles. The van der Waals surface area contributed by atoms with E-state index in [9.17, 15) is 44.7 Å². The minimum Gasteiger partial charge on any atom is -0.486 e. The predicted octanol–water partition coefficient (Wildman–Crippen LogP) is 7.90. The molecule has 16 heteroatoms. The fraction of sp³-hybridized carbons (Fsp3) is 0.278. The summed E-state index contributed by atoms with van der Waals surface area (Å²) in [7, 11) is 2.79. The first-order chi connectivity index (χ1) is 24.5. The third-order valence-electron chi connectivity index (χ3n) is 7.57. The highest BCUT2D eigenvalue weighted by Gasteiger charge is 2.33. The Morgan fingerprint density at radius 3 is 1.12 bits per heavy atom. The Bertz CT molecular complexity index is 1620. The second-order valence-corrected chi connectivity index (χ2v) is 11.2.